The Labute approximate surface area is 178 Å². The third-order valence-electron chi connectivity index (χ3n) is 5.10. The molecule has 0 aliphatic heterocycles. The molecule has 0 amide bonds. The van der Waals surface area contributed by atoms with E-state index in [1.54, 1.807) is 36.4 Å². The van der Waals surface area contributed by atoms with E-state index in [0.29, 0.717) is 27.8 Å². The van der Waals surface area contributed by atoms with Crippen LogP contribution in [0.1, 0.15) is 10.4 Å². The summed E-state index contributed by atoms with van der Waals surface area (Å²) in [6, 6.07) is 31.1. The number of fused-ring (bicyclic) bond motifs is 2. The average Bonchev–Trinajstić information content (AvgIpc) is 2.82. The summed E-state index contributed by atoms with van der Waals surface area (Å²) in [5.74, 6) is 0.612. The fourth-order valence-electron chi connectivity index (χ4n) is 3.56. The molecular weight excluding hydrogens is 388 g/mol. The maximum absolute atomic E-state index is 12.9. The molecule has 5 rings (SSSR count). The fraction of sp³-hybridized carbons (Fsp3) is 0. The first kappa shape index (κ1) is 18.7. The molecule has 150 valence electrons. The highest BCUT2D eigenvalue weighted by Crippen LogP contribution is 2.42. The quantitative estimate of drug-likeness (QED) is 0.266. The Morgan fingerprint density at radius 2 is 1.32 bits per heavy atom. The molecule has 4 heteroatoms. The number of phenols is 1. The summed E-state index contributed by atoms with van der Waals surface area (Å²) < 4.78 is 11.6. The van der Waals surface area contributed by atoms with Gasteiger partial charge in [0.2, 0.25) is 0 Å². The van der Waals surface area contributed by atoms with Gasteiger partial charge in [0.15, 0.2) is 11.5 Å². The predicted molar refractivity (Wildman–Crippen MR) is 121 cm³/mol. The lowest BCUT2D eigenvalue weighted by molar-refractivity contribution is 0.0737. The summed E-state index contributed by atoms with van der Waals surface area (Å²) in [6.45, 7) is 0. The molecule has 0 atom stereocenters. The smallest absolute Gasteiger partial charge is 0.343 e. The van der Waals surface area contributed by atoms with Crippen molar-refractivity contribution in [3.8, 4) is 23.0 Å². The SMILES string of the molecule is O=C(Oc1cc(Oc2ccccc2)c(O)c2ccccc12)c1ccc2ccccc2c1. The summed E-state index contributed by atoms with van der Waals surface area (Å²) in [7, 11) is 0. The largest absolute Gasteiger partial charge is 0.504 e. The van der Waals surface area contributed by atoms with Crippen molar-refractivity contribution in [1.29, 1.82) is 0 Å². The Balaban J connectivity index is 1.54. The van der Waals surface area contributed by atoms with Gasteiger partial charge in [-0.05, 0) is 35.0 Å². The van der Waals surface area contributed by atoms with Crippen molar-refractivity contribution in [3.63, 3.8) is 0 Å². The minimum atomic E-state index is -0.479. The molecule has 5 aromatic carbocycles. The zero-order chi connectivity index (χ0) is 21.2. The number of carbonyl (C=O) groups excluding carboxylic acids is 1. The van der Waals surface area contributed by atoms with E-state index in [-0.39, 0.29) is 11.5 Å². The molecule has 0 fully saturated rings. The van der Waals surface area contributed by atoms with Gasteiger partial charge in [0.1, 0.15) is 11.5 Å². The minimum absolute atomic E-state index is 0.00930. The Bertz CT molecular complexity index is 1410. The van der Waals surface area contributed by atoms with E-state index in [0.717, 1.165) is 10.8 Å². The number of rotatable bonds is 4. The maximum Gasteiger partial charge on any atom is 0.343 e. The van der Waals surface area contributed by atoms with E-state index in [1.807, 2.05) is 66.7 Å². The van der Waals surface area contributed by atoms with Crippen molar-refractivity contribution >= 4 is 27.5 Å². The molecular formula is C27H18O4. The van der Waals surface area contributed by atoms with Gasteiger partial charge in [0, 0.05) is 16.8 Å². The first-order valence-corrected chi connectivity index (χ1v) is 9.87. The van der Waals surface area contributed by atoms with Gasteiger partial charge in [-0.15, -0.1) is 0 Å². The summed E-state index contributed by atoms with van der Waals surface area (Å²) in [4.78, 5) is 12.9. The normalized spacial score (nSPS) is 10.8. The Morgan fingerprint density at radius 3 is 2.13 bits per heavy atom. The van der Waals surface area contributed by atoms with Gasteiger partial charge < -0.3 is 14.6 Å². The van der Waals surface area contributed by atoms with Gasteiger partial charge in [0.25, 0.3) is 0 Å². The monoisotopic (exact) mass is 406 g/mol. The summed E-state index contributed by atoms with van der Waals surface area (Å²) >= 11 is 0. The van der Waals surface area contributed by atoms with E-state index in [9.17, 15) is 9.90 Å². The topological polar surface area (TPSA) is 55.8 Å². The molecule has 0 saturated heterocycles. The van der Waals surface area contributed by atoms with E-state index in [1.165, 1.54) is 0 Å². The lowest BCUT2D eigenvalue weighted by Gasteiger charge is -2.14. The van der Waals surface area contributed by atoms with E-state index in [2.05, 4.69) is 0 Å². The van der Waals surface area contributed by atoms with Crippen LogP contribution in [-0.2, 0) is 0 Å². The van der Waals surface area contributed by atoms with Crippen molar-refractivity contribution in [2.75, 3.05) is 0 Å². The second-order valence-electron chi connectivity index (χ2n) is 7.13. The number of hydrogen-bond acceptors (Lipinski definition) is 4. The second kappa shape index (κ2) is 7.84. The highest BCUT2D eigenvalue weighted by atomic mass is 16.5. The van der Waals surface area contributed by atoms with Crippen LogP contribution >= 0.6 is 0 Å². The number of phenolic OH excluding ortho intramolecular Hbond substituents is 1. The predicted octanol–water partition coefficient (Wildman–Crippen LogP) is 6.71. The number of aromatic hydroxyl groups is 1. The zero-order valence-corrected chi connectivity index (χ0v) is 16.5. The number of carbonyl (C=O) groups is 1. The standard InChI is InChI=1S/C27H18O4/c28-26-23-13-7-6-12-22(23)24(17-25(26)30-21-10-2-1-3-11-21)31-27(29)20-15-14-18-8-4-5-9-19(18)16-20/h1-17,28H. The van der Waals surface area contributed by atoms with E-state index in [4.69, 9.17) is 9.47 Å². The molecule has 0 aliphatic rings. The Kier molecular flexibility index (Phi) is 4.73. The van der Waals surface area contributed by atoms with Crippen LogP contribution in [0.4, 0.5) is 0 Å². The van der Waals surface area contributed by atoms with Crippen molar-refractivity contribution in [2.45, 2.75) is 0 Å². The van der Waals surface area contributed by atoms with Crippen LogP contribution in [0.3, 0.4) is 0 Å². The van der Waals surface area contributed by atoms with Crippen molar-refractivity contribution in [3.05, 3.63) is 109 Å². The number of benzene rings is 5. The summed E-state index contributed by atoms with van der Waals surface area (Å²) in [5, 5.41) is 13.9. The Hall–Kier alpha value is -4.31. The molecule has 5 aromatic rings. The second-order valence-corrected chi connectivity index (χ2v) is 7.13. The van der Waals surface area contributed by atoms with Gasteiger partial charge in [0.05, 0.1) is 5.56 Å². The molecule has 0 bridgehead atoms. The number of para-hydroxylation sites is 1. The highest BCUT2D eigenvalue weighted by molar-refractivity contribution is 6.00. The van der Waals surface area contributed by atoms with Crippen molar-refractivity contribution < 1.29 is 19.4 Å². The third-order valence-corrected chi connectivity index (χ3v) is 5.10. The molecule has 0 radical (unpaired) electrons. The number of hydrogen-bond donors (Lipinski definition) is 1. The van der Waals surface area contributed by atoms with Gasteiger partial charge in [-0.1, -0.05) is 72.8 Å². The molecule has 0 saturated carbocycles. The van der Waals surface area contributed by atoms with Gasteiger partial charge in [-0.25, -0.2) is 4.79 Å². The third kappa shape index (κ3) is 3.67. The van der Waals surface area contributed by atoms with Crippen LogP contribution in [0.5, 0.6) is 23.0 Å². The lowest BCUT2D eigenvalue weighted by Crippen LogP contribution is -2.09. The zero-order valence-electron chi connectivity index (χ0n) is 16.5. The minimum Gasteiger partial charge on any atom is -0.504 e. The fourth-order valence-corrected chi connectivity index (χ4v) is 3.56. The molecule has 0 spiro atoms. The van der Waals surface area contributed by atoms with Crippen LogP contribution in [-0.4, -0.2) is 11.1 Å². The molecule has 1 N–H and O–H groups in total. The van der Waals surface area contributed by atoms with Crippen molar-refractivity contribution in [1.82, 2.24) is 0 Å². The van der Waals surface area contributed by atoms with Gasteiger partial charge in [-0.3, -0.25) is 0 Å². The van der Waals surface area contributed by atoms with Crippen molar-refractivity contribution in [2.24, 2.45) is 0 Å². The van der Waals surface area contributed by atoms with E-state index >= 15 is 0 Å². The molecule has 0 unspecified atom stereocenters. The maximum atomic E-state index is 12.9. The molecule has 0 aromatic heterocycles. The van der Waals surface area contributed by atoms with Crippen LogP contribution in [0, 0.1) is 0 Å². The average molecular weight is 406 g/mol. The van der Waals surface area contributed by atoms with Crippen LogP contribution in [0.15, 0.2) is 103 Å². The molecule has 0 heterocycles. The lowest BCUT2D eigenvalue weighted by atomic mass is 10.1. The highest BCUT2D eigenvalue weighted by Gasteiger charge is 2.17. The number of ether oxygens (including phenoxy) is 2. The first-order valence-electron chi connectivity index (χ1n) is 9.87. The first-order chi connectivity index (χ1) is 15.2. The van der Waals surface area contributed by atoms with Crippen LogP contribution in [0.2, 0.25) is 0 Å². The molecule has 31 heavy (non-hydrogen) atoms. The van der Waals surface area contributed by atoms with E-state index < -0.39 is 5.97 Å². The molecule has 4 nitrogen and oxygen atoms in total. The summed E-state index contributed by atoms with van der Waals surface area (Å²) in [5.41, 5.74) is 0.446. The van der Waals surface area contributed by atoms with Crippen LogP contribution < -0.4 is 9.47 Å². The van der Waals surface area contributed by atoms with Gasteiger partial charge >= 0.3 is 5.97 Å². The van der Waals surface area contributed by atoms with Gasteiger partial charge in [-0.2, -0.15) is 0 Å². The number of esters is 1. The molecule has 0 aliphatic carbocycles. The summed E-state index contributed by atoms with van der Waals surface area (Å²) in [6.07, 6.45) is 0. The Morgan fingerprint density at radius 1 is 0.645 bits per heavy atom. The van der Waals surface area contributed by atoms with Crippen LogP contribution in [0.25, 0.3) is 21.5 Å².